The van der Waals surface area contributed by atoms with E-state index in [2.05, 4.69) is 4.98 Å². The maximum Gasteiger partial charge on any atom is 0.416 e. The summed E-state index contributed by atoms with van der Waals surface area (Å²) in [4.78, 5) is 2.75. The summed E-state index contributed by atoms with van der Waals surface area (Å²) in [7, 11) is 1.46. The first kappa shape index (κ1) is 13.6. The van der Waals surface area contributed by atoms with Gasteiger partial charge in [-0.15, -0.1) is 0 Å². The zero-order chi connectivity index (χ0) is 14.0. The summed E-state index contributed by atoms with van der Waals surface area (Å²) in [5, 5.41) is 0. The van der Waals surface area contributed by atoms with Crippen LogP contribution in [0.5, 0.6) is 5.75 Å². The molecule has 1 aromatic heterocycles. The summed E-state index contributed by atoms with van der Waals surface area (Å²) in [6.45, 7) is 0. The third kappa shape index (κ3) is 2.96. The molecule has 0 radical (unpaired) electrons. The smallest absolute Gasteiger partial charge is 0.416 e. The summed E-state index contributed by atoms with van der Waals surface area (Å²) >= 11 is 4.84. The number of para-hydroxylation sites is 1. The van der Waals surface area contributed by atoms with Crippen molar-refractivity contribution in [1.82, 2.24) is 4.98 Å². The fourth-order valence-electron chi connectivity index (χ4n) is 1.72. The van der Waals surface area contributed by atoms with Gasteiger partial charge in [0.2, 0.25) is 0 Å². The van der Waals surface area contributed by atoms with Crippen LogP contribution in [0.25, 0.3) is 11.3 Å². The molecule has 0 aliphatic heterocycles. The molecular weight excluding hydrogens is 275 g/mol. The van der Waals surface area contributed by atoms with E-state index in [1.807, 2.05) is 0 Å². The number of benzene rings is 1. The van der Waals surface area contributed by atoms with E-state index in [4.69, 9.17) is 17.0 Å². The van der Waals surface area contributed by atoms with Crippen molar-refractivity contribution in [3.8, 4) is 17.0 Å². The average molecular weight is 285 g/mol. The molecule has 6 heteroatoms. The first-order valence-corrected chi connectivity index (χ1v) is 5.77. The van der Waals surface area contributed by atoms with Crippen molar-refractivity contribution in [3.63, 3.8) is 0 Å². The molecule has 0 spiro atoms. The van der Waals surface area contributed by atoms with Gasteiger partial charge in [0.05, 0.1) is 18.4 Å². The predicted octanol–water partition coefficient (Wildman–Crippen LogP) is 4.44. The Morgan fingerprint density at radius 2 is 1.84 bits per heavy atom. The molecule has 2 nitrogen and oxygen atoms in total. The van der Waals surface area contributed by atoms with Crippen LogP contribution in [0.4, 0.5) is 13.2 Å². The number of methoxy groups -OCH3 is 1. The second kappa shape index (κ2) is 5.05. The zero-order valence-electron chi connectivity index (χ0n) is 9.91. The monoisotopic (exact) mass is 285 g/mol. The largest absolute Gasteiger partial charge is 0.496 e. The number of nitrogens with one attached hydrogen (secondary N) is 1. The lowest BCUT2D eigenvalue weighted by molar-refractivity contribution is -0.137. The Labute approximate surface area is 112 Å². The molecule has 0 saturated heterocycles. The maximum absolute atomic E-state index is 12.8. The first-order chi connectivity index (χ1) is 8.91. The highest BCUT2D eigenvalue weighted by Gasteiger charge is 2.31. The third-order valence-electron chi connectivity index (χ3n) is 2.57. The lowest BCUT2D eigenvalue weighted by atomic mass is 10.1. The van der Waals surface area contributed by atoms with Gasteiger partial charge < -0.3 is 9.72 Å². The molecule has 0 aliphatic rings. The Morgan fingerprint density at radius 3 is 2.47 bits per heavy atom. The van der Waals surface area contributed by atoms with E-state index in [-0.39, 0.29) is 10.3 Å². The second-order valence-electron chi connectivity index (χ2n) is 3.84. The van der Waals surface area contributed by atoms with Gasteiger partial charge in [0.25, 0.3) is 0 Å². The molecule has 2 rings (SSSR count). The Kier molecular flexibility index (Phi) is 3.61. The highest BCUT2D eigenvalue weighted by Crippen LogP contribution is 2.34. The standard InChI is InChI=1S/C13H10F3NOS/c1-18-11-5-3-2-4-9(11)10-6-8(13(14,15)16)7-12(19)17-10/h2-7H,1H3,(H,17,19). The van der Waals surface area contributed by atoms with Gasteiger partial charge in [-0.1, -0.05) is 24.4 Å². The van der Waals surface area contributed by atoms with Gasteiger partial charge in [0, 0.05) is 5.56 Å². The van der Waals surface area contributed by atoms with Crippen LogP contribution in [0, 0.1) is 4.64 Å². The molecule has 100 valence electrons. The fraction of sp³-hybridized carbons (Fsp3) is 0.154. The Balaban J connectivity index is 2.63. The van der Waals surface area contributed by atoms with Crippen LogP contribution in [0.1, 0.15) is 5.56 Å². The number of halogens is 3. The second-order valence-corrected chi connectivity index (χ2v) is 4.28. The molecule has 1 N–H and O–H groups in total. The minimum Gasteiger partial charge on any atom is -0.496 e. The van der Waals surface area contributed by atoms with Gasteiger partial charge in [0.1, 0.15) is 10.4 Å². The first-order valence-electron chi connectivity index (χ1n) is 5.37. The van der Waals surface area contributed by atoms with E-state index in [0.29, 0.717) is 11.3 Å². The summed E-state index contributed by atoms with van der Waals surface area (Å²) in [6.07, 6.45) is -4.43. The number of rotatable bonds is 2. The van der Waals surface area contributed by atoms with Gasteiger partial charge in [-0.3, -0.25) is 0 Å². The van der Waals surface area contributed by atoms with Crippen LogP contribution in [0.15, 0.2) is 36.4 Å². The zero-order valence-corrected chi connectivity index (χ0v) is 10.7. The predicted molar refractivity (Wildman–Crippen MR) is 68.6 cm³/mol. The fourth-order valence-corrected chi connectivity index (χ4v) is 1.96. The Morgan fingerprint density at radius 1 is 1.16 bits per heavy atom. The van der Waals surface area contributed by atoms with Crippen molar-refractivity contribution in [1.29, 1.82) is 0 Å². The average Bonchev–Trinajstić information content (AvgIpc) is 2.37. The van der Waals surface area contributed by atoms with Crippen LogP contribution < -0.4 is 4.74 Å². The van der Waals surface area contributed by atoms with Crippen LogP contribution in [-0.2, 0) is 6.18 Å². The van der Waals surface area contributed by atoms with Gasteiger partial charge in [-0.05, 0) is 24.3 Å². The Hall–Kier alpha value is -1.82. The molecule has 0 saturated carbocycles. The number of H-pyrrole nitrogens is 1. The SMILES string of the molecule is COc1ccccc1-c1cc(C(F)(F)F)cc(=S)[nH]1. The molecule has 0 bridgehead atoms. The molecule has 1 aromatic carbocycles. The Bertz CT molecular complexity index is 649. The molecule has 0 fully saturated rings. The number of pyridine rings is 1. The van der Waals surface area contributed by atoms with Crippen molar-refractivity contribution in [2.45, 2.75) is 6.18 Å². The molecule has 2 aromatic rings. The van der Waals surface area contributed by atoms with Crippen molar-refractivity contribution >= 4 is 12.2 Å². The van der Waals surface area contributed by atoms with Gasteiger partial charge in [-0.25, -0.2) is 0 Å². The van der Waals surface area contributed by atoms with E-state index in [1.165, 1.54) is 7.11 Å². The maximum atomic E-state index is 12.8. The highest BCUT2D eigenvalue weighted by atomic mass is 32.1. The van der Waals surface area contributed by atoms with Crippen molar-refractivity contribution < 1.29 is 17.9 Å². The number of ether oxygens (including phenoxy) is 1. The van der Waals surface area contributed by atoms with E-state index in [0.717, 1.165) is 12.1 Å². The number of aromatic amines is 1. The summed E-state index contributed by atoms with van der Waals surface area (Å²) in [6, 6.07) is 8.72. The van der Waals surface area contributed by atoms with Gasteiger partial charge in [-0.2, -0.15) is 13.2 Å². The summed E-state index contributed by atoms with van der Waals surface area (Å²) < 4.78 is 43.4. The van der Waals surface area contributed by atoms with Crippen LogP contribution in [0.2, 0.25) is 0 Å². The lowest BCUT2D eigenvalue weighted by Gasteiger charge is -2.11. The highest BCUT2D eigenvalue weighted by molar-refractivity contribution is 7.71. The molecule has 0 atom stereocenters. The van der Waals surface area contributed by atoms with Crippen molar-refractivity contribution in [2.75, 3.05) is 7.11 Å². The van der Waals surface area contributed by atoms with Gasteiger partial charge in [0.15, 0.2) is 0 Å². The summed E-state index contributed by atoms with van der Waals surface area (Å²) in [5.74, 6) is 0.479. The number of alkyl halides is 3. The molecule has 0 aliphatic carbocycles. The van der Waals surface area contributed by atoms with Gasteiger partial charge >= 0.3 is 6.18 Å². The van der Waals surface area contributed by atoms with Crippen LogP contribution in [-0.4, -0.2) is 12.1 Å². The molecule has 19 heavy (non-hydrogen) atoms. The molecular formula is C13H10F3NOS. The molecule has 0 unspecified atom stereocenters. The third-order valence-corrected chi connectivity index (χ3v) is 2.79. The molecule has 1 heterocycles. The van der Waals surface area contributed by atoms with E-state index < -0.39 is 11.7 Å². The van der Waals surface area contributed by atoms with Crippen molar-refractivity contribution in [3.05, 3.63) is 46.6 Å². The lowest BCUT2D eigenvalue weighted by Crippen LogP contribution is -2.06. The van der Waals surface area contributed by atoms with Crippen LogP contribution in [0.3, 0.4) is 0 Å². The number of hydrogen-bond donors (Lipinski definition) is 1. The van der Waals surface area contributed by atoms with E-state index in [1.54, 1.807) is 24.3 Å². The van der Waals surface area contributed by atoms with Crippen molar-refractivity contribution in [2.24, 2.45) is 0 Å². The van der Waals surface area contributed by atoms with Crippen LogP contribution >= 0.6 is 12.2 Å². The topological polar surface area (TPSA) is 25.0 Å². The quantitative estimate of drug-likeness (QED) is 0.825. The number of hydrogen-bond acceptors (Lipinski definition) is 2. The van der Waals surface area contributed by atoms with E-state index in [9.17, 15) is 13.2 Å². The minimum absolute atomic E-state index is 0.0238. The minimum atomic E-state index is -4.43. The molecule has 0 amide bonds. The summed E-state index contributed by atoms with van der Waals surface area (Å²) in [5.41, 5.74) is 0.0247. The van der Waals surface area contributed by atoms with E-state index >= 15 is 0 Å². The number of aromatic nitrogens is 1. The normalized spacial score (nSPS) is 11.4.